The van der Waals surface area contributed by atoms with Crippen LogP contribution in [0.5, 0.6) is 0 Å². The molecule has 1 N–H and O–H groups in total. The molecule has 0 fully saturated rings. The Labute approximate surface area is 95.9 Å². The number of pyridine rings is 1. The van der Waals surface area contributed by atoms with Crippen molar-refractivity contribution in [1.82, 2.24) is 4.57 Å². The highest BCUT2D eigenvalue weighted by Crippen LogP contribution is 2.18. The number of aliphatic hydroxyl groups excluding tert-OH is 1. The number of aromatic nitrogens is 1. The van der Waals surface area contributed by atoms with Crippen molar-refractivity contribution in [3.63, 3.8) is 0 Å². The molecule has 0 atom stereocenters. The smallest absolute Gasteiger partial charge is 0.270 e. The standard InChI is InChI=1S/C11H10N2O4/c1-12-5-7(6-14)11(15)9-4-8(13(16)17)2-3-10(9)12/h2-5,14H,6H2,1H3. The van der Waals surface area contributed by atoms with Gasteiger partial charge in [-0.1, -0.05) is 0 Å². The summed E-state index contributed by atoms with van der Waals surface area (Å²) >= 11 is 0. The number of nitro groups is 1. The van der Waals surface area contributed by atoms with E-state index in [1.807, 2.05) is 0 Å². The van der Waals surface area contributed by atoms with Gasteiger partial charge in [0.05, 0.1) is 22.4 Å². The maximum Gasteiger partial charge on any atom is 0.270 e. The van der Waals surface area contributed by atoms with Crippen LogP contribution in [0.4, 0.5) is 5.69 Å². The van der Waals surface area contributed by atoms with Gasteiger partial charge in [0.2, 0.25) is 0 Å². The van der Waals surface area contributed by atoms with Gasteiger partial charge in [-0.3, -0.25) is 14.9 Å². The van der Waals surface area contributed by atoms with Crippen molar-refractivity contribution >= 4 is 16.6 Å². The molecule has 17 heavy (non-hydrogen) atoms. The molecule has 1 aromatic heterocycles. The van der Waals surface area contributed by atoms with Gasteiger partial charge in [0.1, 0.15) is 0 Å². The molecule has 88 valence electrons. The van der Waals surface area contributed by atoms with Crippen LogP contribution in [-0.2, 0) is 13.7 Å². The van der Waals surface area contributed by atoms with Crippen LogP contribution in [0, 0.1) is 10.1 Å². The number of non-ortho nitro benzene ring substituents is 1. The lowest BCUT2D eigenvalue weighted by molar-refractivity contribution is -0.384. The average Bonchev–Trinajstić information content (AvgIpc) is 2.33. The van der Waals surface area contributed by atoms with Gasteiger partial charge in [0, 0.05) is 30.9 Å². The predicted molar refractivity (Wildman–Crippen MR) is 61.8 cm³/mol. The minimum atomic E-state index is -0.551. The van der Waals surface area contributed by atoms with Crippen molar-refractivity contribution in [2.24, 2.45) is 7.05 Å². The number of benzene rings is 1. The first-order valence-electron chi connectivity index (χ1n) is 4.92. The van der Waals surface area contributed by atoms with Crippen LogP contribution in [-0.4, -0.2) is 14.6 Å². The number of hydrogen-bond donors (Lipinski definition) is 1. The van der Waals surface area contributed by atoms with Gasteiger partial charge in [-0.2, -0.15) is 0 Å². The van der Waals surface area contributed by atoms with Gasteiger partial charge in [0.25, 0.3) is 5.69 Å². The minimum absolute atomic E-state index is 0.135. The fourth-order valence-electron chi connectivity index (χ4n) is 1.77. The monoisotopic (exact) mass is 234 g/mol. The van der Waals surface area contributed by atoms with Gasteiger partial charge >= 0.3 is 0 Å². The Hall–Kier alpha value is -2.21. The van der Waals surface area contributed by atoms with E-state index in [4.69, 9.17) is 5.11 Å². The molecule has 0 saturated carbocycles. The second kappa shape index (κ2) is 3.99. The molecule has 6 nitrogen and oxygen atoms in total. The molecule has 0 aliphatic carbocycles. The molecule has 1 heterocycles. The SMILES string of the molecule is Cn1cc(CO)c(=O)c2cc([N+](=O)[O-])ccc21. The maximum atomic E-state index is 11.9. The Bertz CT molecular complexity index is 660. The second-order valence-electron chi connectivity index (χ2n) is 3.71. The fourth-order valence-corrected chi connectivity index (χ4v) is 1.77. The molecule has 2 aromatic rings. The Kier molecular flexibility index (Phi) is 2.64. The highest BCUT2D eigenvalue weighted by Gasteiger charge is 2.11. The van der Waals surface area contributed by atoms with E-state index in [-0.39, 0.29) is 28.7 Å². The Morgan fingerprint density at radius 2 is 2.18 bits per heavy atom. The van der Waals surface area contributed by atoms with E-state index in [1.54, 1.807) is 11.6 Å². The summed E-state index contributed by atoms with van der Waals surface area (Å²) in [6.45, 7) is -0.384. The lowest BCUT2D eigenvalue weighted by atomic mass is 10.1. The van der Waals surface area contributed by atoms with Crippen LogP contribution < -0.4 is 5.43 Å². The lowest BCUT2D eigenvalue weighted by Crippen LogP contribution is -2.13. The van der Waals surface area contributed by atoms with Crippen molar-refractivity contribution in [1.29, 1.82) is 0 Å². The summed E-state index contributed by atoms with van der Waals surface area (Å²) in [5.41, 5.74) is 0.312. The van der Waals surface area contributed by atoms with Gasteiger partial charge in [0.15, 0.2) is 5.43 Å². The first-order chi connectivity index (χ1) is 8.04. The van der Waals surface area contributed by atoms with Crippen molar-refractivity contribution in [2.75, 3.05) is 0 Å². The summed E-state index contributed by atoms with van der Waals surface area (Å²) < 4.78 is 1.66. The van der Waals surface area contributed by atoms with Gasteiger partial charge in [-0.25, -0.2) is 0 Å². The molecule has 6 heteroatoms. The zero-order valence-corrected chi connectivity index (χ0v) is 9.08. The summed E-state index contributed by atoms with van der Waals surface area (Å²) in [5, 5.41) is 19.9. The second-order valence-corrected chi connectivity index (χ2v) is 3.71. The molecular weight excluding hydrogens is 224 g/mol. The number of hydrogen-bond acceptors (Lipinski definition) is 4. The van der Waals surface area contributed by atoms with E-state index < -0.39 is 4.92 Å². The number of aliphatic hydroxyl groups is 1. The molecule has 1 aromatic carbocycles. The van der Waals surface area contributed by atoms with Crippen LogP contribution in [0.1, 0.15) is 5.56 Å². The molecule has 0 bridgehead atoms. The van der Waals surface area contributed by atoms with E-state index in [1.165, 1.54) is 24.4 Å². The van der Waals surface area contributed by atoms with Crippen LogP contribution in [0.15, 0.2) is 29.2 Å². The van der Waals surface area contributed by atoms with Crippen LogP contribution >= 0.6 is 0 Å². The van der Waals surface area contributed by atoms with Crippen molar-refractivity contribution in [3.8, 4) is 0 Å². The van der Waals surface area contributed by atoms with E-state index >= 15 is 0 Å². The largest absolute Gasteiger partial charge is 0.391 e. The van der Waals surface area contributed by atoms with E-state index in [9.17, 15) is 14.9 Å². The molecule has 0 radical (unpaired) electrons. The molecule has 2 rings (SSSR count). The molecule has 0 aliphatic rings. The van der Waals surface area contributed by atoms with Crippen LogP contribution in [0.2, 0.25) is 0 Å². The lowest BCUT2D eigenvalue weighted by Gasteiger charge is -2.07. The number of rotatable bonds is 2. The summed E-state index contributed by atoms with van der Waals surface area (Å²) in [7, 11) is 1.72. The zero-order valence-electron chi connectivity index (χ0n) is 9.08. The Balaban J connectivity index is 2.88. The van der Waals surface area contributed by atoms with Gasteiger partial charge in [-0.05, 0) is 6.07 Å². The summed E-state index contributed by atoms with van der Waals surface area (Å²) in [4.78, 5) is 22.0. The molecule has 0 aliphatic heterocycles. The average molecular weight is 234 g/mol. The number of nitro benzene ring substituents is 1. The summed E-state index contributed by atoms with van der Waals surface area (Å²) in [5.74, 6) is 0. The quantitative estimate of drug-likeness (QED) is 0.619. The van der Waals surface area contributed by atoms with E-state index in [0.717, 1.165) is 0 Å². The number of nitrogens with zero attached hydrogens (tertiary/aromatic N) is 2. The zero-order chi connectivity index (χ0) is 12.6. The normalized spacial score (nSPS) is 10.7. The molecule has 0 spiro atoms. The van der Waals surface area contributed by atoms with Crippen LogP contribution in [0.3, 0.4) is 0 Å². The number of aryl methyl sites for hydroxylation is 1. The predicted octanol–water partition coefficient (Wildman–Crippen LogP) is 0.939. The van der Waals surface area contributed by atoms with Crippen molar-refractivity contribution in [3.05, 3.63) is 50.3 Å². The highest BCUT2D eigenvalue weighted by molar-refractivity contribution is 5.81. The highest BCUT2D eigenvalue weighted by atomic mass is 16.6. The first-order valence-corrected chi connectivity index (χ1v) is 4.92. The Morgan fingerprint density at radius 3 is 2.76 bits per heavy atom. The van der Waals surface area contributed by atoms with Crippen molar-refractivity contribution in [2.45, 2.75) is 6.61 Å². The summed E-state index contributed by atoms with van der Waals surface area (Å²) in [6, 6.07) is 4.10. The summed E-state index contributed by atoms with van der Waals surface area (Å²) in [6.07, 6.45) is 1.52. The van der Waals surface area contributed by atoms with E-state index in [0.29, 0.717) is 5.52 Å². The minimum Gasteiger partial charge on any atom is -0.391 e. The molecule has 0 saturated heterocycles. The van der Waals surface area contributed by atoms with Gasteiger partial charge in [-0.15, -0.1) is 0 Å². The fraction of sp³-hybridized carbons (Fsp3) is 0.182. The topological polar surface area (TPSA) is 85.4 Å². The van der Waals surface area contributed by atoms with Gasteiger partial charge < -0.3 is 9.67 Å². The maximum absolute atomic E-state index is 11.9. The number of fused-ring (bicyclic) bond motifs is 1. The van der Waals surface area contributed by atoms with Crippen LogP contribution in [0.25, 0.3) is 10.9 Å². The third kappa shape index (κ3) is 1.78. The third-order valence-electron chi connectivity index (χ3n) is 2.63. The Morgan fingerprint density at radius 1 is 1.47 bits per heavy atom. The molecule has 0 amide bonds. The third-order valence-corrected chi connectivity index (χ3v) is 2.63. The molecular formula is C11H10N2O4. The first kappa shape index (κ1) is 11.3. The van der Waals surface area contributed by atoms with Crippen molar-refractivity contribution < 1.29 is 10.0 Å². The molecule has 0 unspecified atom stereocenters. The van der Waals surface area contributed by atoms with E-state index in [2.05, 4.69) is 0 Å².